The molecule has 0 spiro atoms. The van der Waals surface area contributed by atoms with Gasteiger partial charge in [-0.1, -0.05) is 48.5 Å². The third-order valence-corrected chi connectivity index (χ3v) is 5.76. The number of aromatic nitrogens is 1. The summed E-state index contributed by atoms with van der Waals surface area (Å²) >= 11 is 0. The number of hydrogen-bond donors (Lipinski definition) is 1. The number of rotatable bonds is 4. The van der Waals surface area contributed by atoms with E-state index < -0.39 is 0 Å². The van der Waals surface area contributed by atoms with Gasteiger partial charge in [0.1, 0.15) is 0 Å². The summed E-state index contributed by atoms with van der Waals surface area (Å²) in [6.45, 7) is 2.73. The Labute approximate surface area is 176 Å². The zero-order valence-electron chi connectivity index (χ0n) is 16.7. The lowest BCUT2D eigenvalue weighted by atomic mass is 9.97. The maximum absolute atomic E-state index is 12.6. The number of nitrogens with one attached hydrogen (secondary N) is 1. The summed E-state index contributed by atoms with van der Waals surface area (Å²) in [4.78, 5) is 19.5. The van der Waals surface area contributed by atoms with Crippen molar-refractivity contribution in [3.63, 3.8) is 0 Å². The van der Waals surface area contributed by atoms with Crippen LogP contribution in [0.25, 0.3) is 10.9 Å². The zero-order chi connectivity index (χ0) is 20.3. The lowest BCUT2D eigenvalue weighted by Gasteiger charge is -2.30. The Hall–Kier alpha value is -3.50. The molecule has 4 nitrogen and oxygen atoms in total. The highest BCUT2D eigenvalue weighted by Crippen LogP contribution is 2.28. The van der Waals surface area contributed by atoms with Crippen LogP contribution < -0.4 is 5.32 Å². The predicted molar refractivity (Wildman–Crippen MR) is 120 cm³/mol. The highest BCUT2D eigenvalue weighted by Gasteiger charge is 2.20. The van der Waals surface area contributed by atoms with Crippen LogP contribution in [0.4, 0.5) is 5.69 Å². The van der Waals surface area contributed by atoms with E-state index >= 15 is 0 Å². The second kappa shape index (κ2) is 8.09. The second-order valence-corrected chi connectivity index (χ2v) is 7.71. The number of pyridine rings is 1. The molecule has 5 rings (SSSR count). The fourth-order valence-corrected chi connectivity index (χ4v) is 4.24. The van der Waals surface area contributed by atoms with Crippen molar-refractivity contribution in [3.05, 3.63) is 107 Å². The van der Waals surface area contributed by atoms with Crippen LogP contribution >= 0.6 is 0 Å². The summed E-state index contributed by atoms with van der Waals surface area (Å²) in [6, 6.07) is 26.0. The van der Waals surface area contributed by atoms with Gasteiger partial charge < -0.3 is 5.32 Å². The molecule has 1 aliphatic rings. The average molecular weight is 393 g/mol. The minimum absolute atomic E-state index is 0.0605. The lowest BCUT2D eigenvalue weighted by molar-refractivity contribution is 0.102. The lowest BCUT2D eigenvalue weighted by Crippen LogP contribution is -2.31. The summed E-state index contributed by atoms with van der Waals surface area (Å²) in [7, 11) is 0. The maximum atomic E-state index is 12.6. The highest BCUT2D eigenvalue weighted by molar-refractivity contribution is 6.04. The number of nitrogens with zero attached hydrogens (tertiary/aromatic N) is 2. The van der Waals surface area contributed by atoms with E-state index in [1.807, 2.05) is 54.7 Å². The van der Waals surface area contributed by atoms with Crippen LogP contribution in [-0.4, -0.2) is 22.3 Å². The summed E-state index contributed by atoms with van der Waals surface area (Å²) in [5.74, 6) is -0.0605. The molecule has 0 saturated carbocycles. The molecule has 30 heavy (non-hydrogen) atoms. The van der Waals surface area contributed by atoms with Crippen LogP contribution in [0.1, 0.15) is 27.0 Å². The van der Waals surface area contributed by atoms with Gasteiger partial charge in [0, 0.05) is 42.5 Å². The van der Waals surface area contributed by atoms with Crippen LogP contribution in [0.15, 0.2) is 85.1 Å². The van der Waals surface area contributed by atoms with Gasteiger partial charge in [0.05, 0.1) is 5.52 Å². The number of benzene rings is 3. The van der Waals surface area contributed by atoms with E-state index in [1.165, 1.54) is 22.1 Å². The van der Waals surface area contributed by atoms with Crippen molar-refractivity contribution in [1.82, 2.24) is 9.88 Å². The highest BCUT2D eigenvalue weighted by atomic mass is 16.1. The van der Waals surface area contributed by atoms with E-state index in [2.05, 4.69) is 45.5 Å². The van der Waals surface area contributed by atoms with E-state index in [4.69, 9.17) is 0 Å². The van der Waals surface area contributed by atoms with Gasteiger partial charge in [0.2, 0.25) is 0 Å². The van der Waals surface area contributed by atoms with Crippen molar-refractivity contribution in [2.24, 2.45) is 0 Å². The zero-order valence-corrected chi connectivity index (χ0v) is 16.7. The van der Waals surface area contributed by atoms with Crippen LogP contribution in [0.5, 0.6) is 0 Å². The fourth-order valence-electron chi connectivity index (χ4n) is 4.24. The Bertz CT molecular complexity index is 1200. The van der Waals surface area contributed by atoms with Crippen molar-refractivity contribution in [1.29, 1.82) is 0 Å². The van der Waals surface area contributed by atoms with Crippen molar-refractivity contribution >= 4 is 22.5 Å². The van der Waals surface area contributed by atoms with E-state index in [9.17, 15) is 4.79 Å². The third-order valence-electron chi connectivity index (χ3n) is 5.76. The SMILES string of the molecule is O=C(Nc1cccc2c1CCN(Cc1ccnc3ccccc13)C2)c1ccccc1. The first-order valence-corrected chi connectivity index (χ1v) is 10.3. The topological polar surface area (TPSA) is 45.2 Å². The molecule has 1 aliphatic heterocycles. The number of amides is 1. The Balaban J connectivity index is 1.35. The van der Waals surface area contributed by atoms with Crippen molar-refractivity contribution < 1.29 is 4.79 Å². The van der Waals surface area contributed by atoms with E-state index in [0.717, 1.165) is 37.3 Å². The van der Waals surface area contributed by atoms with Gasteiger partial charge in [-0.3, -0.25) is 14.7 Å². The first kappa shape index (κ1) is 18.5. The molecule has 2 heterocycles. The minimum Gasteiger partial charge on any atom is -0.322 e. The number of carbonyl (C=O) groups is 1. The molecule has 4 heteroatoms. The Morgan fingerprint density at radius 1 is 0.933 bits per heavy atom. The van der Waals surface area contributed by atoms with Gasteiger partial charge in [0.25, 0.3) is 5.91 Å². The summed E-state index contributed by atoms with van der Waals surface area (Å²) in [5.41, 5.74) is 6.48. The number of fused-ring (bicyclic) bond motifs is 2. The van der Waals surface area contributed by atoms with Gasteiger partial charge in [0.15, 0.2) is 0 Å². The molecule has 0 fully saturated rings. The summed E-state index contributed by atoms with van der Waals surface area (Å²) in [6.07, 6.45) is 2.82. The van der Waals surface area contributed by atoms with Gasteiger partial charge in [-0.05, 0) is 53.4 Å². The van der Waals surface area contributed by atoms with Crippen molar-refractivity contribution in [2.75, 3.05) is 11.9 Å². The molecule has 3 aromatic carbocycles. The number of hydrogen-bond acceptors (Lipinski definition) is 3. The molecule has 0 atom stereocenters. The molecule has 148 valence electrons. The summed E-state index contributed by atoms with van der Waals surface area (Å²) < 4.78 is 0. The molecule has 0 aliphatic carbocycles. The van der Waals surface area contributed by atoms with E-state index in [1.54, 1.807) is 0 Å². The fraction of sp³-hybridized carbons (Fsp3) is 0.154. The molecule has 1 aromatic heterocycles. The molecule has 0 bridgehead atoms. The van der Waals surface area contributed by atoms with Crippen molar-refractivity contribution in [2.45, 2.75) is 19.5 Å². The first-order valence-electron chi connectivity index (χ1n) is 10.3. The van der Waals surface area contributed by atoms with Crippen LogP contribution in [0, 0.1) is 0 Å². The summed E-state index contributed by atoms with van der Waals surface area (Å²) in [5, 5.41) is 4.33. The van der Waals surface area contributed by atoms with Crippen molar-refractivity contribution in [3.8, 4) is 0 Å². The Morgan fingerprint density at radius 2 is 1.77 bits per heavy atom. The molecular formula is C26H23N3O. The number of para-hydroxylation sites is 1. The second-order valence-electron chi connectivity index (χ2n) is 7.71. The third kappa shape index (κ3) is 3.70. The normalized spacial score (nSPS) is 13.7. The number of carbonyl (C=O) groups excluding carboxylic acids is 1. The monoisotopic (exact) mass is 393 g/mol. The molecule has 4 aromatic rings. The Kier molecular flexibility index (Phi) is 4.99. The largest absolute Gasteiger partial charge is 0.322 e. The standard InChI is InChI=1S/C26H23N3O/c30-26(19-7-2-1-3-8-19)28-25-12-6-9-20-17-29(16-14-23(20)25)18-21-13-15-27-24-11-5-4-10-22(21)24/h1-13,15H,14,16-18H2,(H,28,30). The van der Waals surface area contributed by atoms with E-state index in [0.29, 0.717) is 5.56 Å². The molecule has 1 N–H and O–H groups in total. The average Bonchev–Trinajstić information content (AvgIpc) is 2.80. The molecule has 1 amide bonds. The van der Waals surface area contributed by atoms with Crippen LogP contribution in [0.2, 0.25) is 0 Å². The Morgan fingerprint density at radius 3 is 2.67 bits per heavy atom. The van der Waals surface area contributed by atoms with E-state index in [-0.39, 0.29) is 5.91 Å². The van der Waals surface area contributed by atoms with Gasteiger partial charge >= 0.3 is 0 Å². The quantitative estimate of drug-likeness (QED) is 0.528. The molecule has 0 saturated heterocycles. The van der Waals surface area contributed by atoms with Crippen LogP contribution in [0.3, 0.4) is 0 Å². The van der Waals surface area contributed by atoms with Gasteiger partial charge in [-0.15, -0.1) is 0 Å². The van der Waals surface area contributed by atoms with Gasteiger partial charge in [-0.2, -0.15) is 0 Å². The smallest absolute Gasteiger partial charge is 0.255 e. The maximum Gasteiger partial charge on any atom is 0.255 e. The predicted octanol–water partition coefficient (Wildman–Crippen LogP) is 5.05. The minimum atomic E-state index is -0.0605. The van der Waals surface area contributed by atoms with Crippen LogP contribution in [-0.2, 0) is 19.5 Å². The molecule has 0 unspecified atom stereocenters. The number of anilines is 1. The van der Waals surface area contributed by atoms with Gasteiger partial charge in [-0.25, -0.2) is 0 Å². The molecular weight excluding hydrogens is 370 g/mol. The first-order chi connectivity index (χ1) is 14.8. The molecule has 0 radical (unpaired) electrons.